The molecule has 0 aromatic carbocycles. The topological polar surface area (TPSA) is 29.1 Å². The number of carbonyl (C=O) groups is 1. The standard InChI is InChI=1S/C7H6BrCl2NOS/c8-4-1-2-13-6(4)7(12)11-3-5(9)10/h1-2,5H,3H2,(H,11,12). The average Bonchev–Trinajstić information content (AvgIpc) is 2.47. The molecule has 1 heterocycles. The van der Waals surface area contributed by atoms with Crippen molar-refractivity contribution in [3.63, 3.8) is 0 Å². The monoisotopic (exact) mass is 301 g/mol. The normalized spacial score (nSPS) is 10.5. The van der Waals surface area contributed by atoms with Crippen LogP contribution in [0.15, 0.2) is 15.9 Å². The Labute approximate surface area is 98.4 Å². The van der Waals surface area contributed by atoms with Crippen molar-refractivity contribution >= 4 is 56.4 Å². The number of alkyl halides is 2. The van der Waals surface area contributed by atoms with E-state index in [-0.39, 0.29) is 12.5 Å². The van der Waals surface area contributed by atoms with Crippen LogP contribution in [-0.2, 0) is 0 Å². The maximum absolute atomic E-state index is 11.4. The van der Waals surface area contributed by atoms with Gasteiger partial charge in [-0.2, -0.15) is 0 Å². The van der Waals surface area contributed by atoms with Crippen LogP contribution in [0.1, 0.15) is 9.67 Å². The van der Waals surface area contributed by atoms with Crippen LogP contribution in [-0.4, -0.2) is 17.3 Å². The van der Waals surface area contributed by atoms with E-state index in [0.29, 0.717) is 4.88 Å². The summed E-state index contributed by atoms with van der Waals surface area (Å²) >= 11 is 15.6. The van der Waals surface area contributed by atoms with E-state index >= 15 is 0 Å². The van der Waals surface area contributed by atoms with Crippen molar-refractivity contribution in [1.29, 1.82) is 0 Å². The Balaban J connectivity index is 2.54. The highest BCUT2D eigenvalue weighted by molar-refractivity contribution is 9.10. The number of thiophene rings is 1. The number of hydrogen-bond donors (Lipinski definition) is 1. The Morgan fingerprint density at radius 1 is 1.69 bits per heavy atom. The second-order valence-corrected chi connectivity index (χ2v) is 5.25. The molecule has 13 heavy (non-hydrogen) atoms. The fourth-order valence-corrected chi connectivity index (χ4v) is 2.33. The van der Waals surface area contributed by atoms with E-state index in [2.05, 4.69) is 21.2 Å². The molecule has 1 aromatic heterocycles. The van der Waals surface area contributed by atoms with Crippen LogP contribution >= 0.6 is 50.5 Å². The van der Waals surface area contributed by atoms with E-state index in [4.69, 9.17) is 23.2 Å². The first-order valence-corrected chi connectivity index (χ1v) is 5.95. The molecule has 2 nitrogen and oxygen atoms in total. The zero-order valence-electron chi connectivity index (χ0n) is 6.39. The number of carbonyl (C=O) groups excluding carboxylic acids is 1. The number of halogens is 3. The predicted octanol–water partition coefficient (Wildman–Crippen LogP) is 3.04. The summed E-state index contributed by atoms with van der Waals surface area (Å²) in [4.78, 5) is 11.4. The molecule has 6 heteroatoms. The molecule has 0 radical (unpaired) electrons. The SMILES string of the molecule is O=C(NCC(Cl)Cl)c1sccc1Br. The summed E-state index contributed by atoms with van der Waals surface area (Å²) in [5.74, 6) is -0.159. The van der Waals surface area contributed by atoms with Crippen molar-refractivity contribution in [2.75, 3.05) is 6.54 Å². The quantitative estimate of drug-likeness (QED) is 0.854. The van der Waals surface area contributed by atoms with Gasteiger partial charge in [-0.15, -0.1) is 34.5 Å². The lowest BCUT2D eigenvalue weighted by Crippen LogP contribution is -2.27. The van der Waals surface area contributed by atoms with Gasteiger partial charge in [0.1, 0.15) is 9.71 Å². The molecule has 1 aromatic rings. The number of rotatable bonds is 3. The number of hydrogen-bond acceptors (Lipinski definition) is 2. The van der Waals surface area contributed by atoms with Gasteiger partial charge in [-0.05, 0) is 27.4 Å². The zero-order valence-corrected chi connectivity index (χ0v) is 10.3. The van der Waals surface area contributed by atoms with Crippen LogP contribution < -0.4 is 5.32 Å². The van der Waals surface area contributed by atoms with Gasteiger partial charge in [-0.3, -0.25) is 4.79 Å². The minimum absolute atomic E-state index is 0.159. The third-order valence-corrected chi connectivity index (χ3v) is 3.39. The summed E-state index contributed by atoms with van der Waals surface area (Å²) in [5.41, 5.74) is 0. The second kappa shape index (κ2) is 5.20. The summed E-state index contributed by atoms with van der Waals surface area (Å²) in [6, 6.07) is 1.82. The summed E-state index contributed by atoms with van der Waals surface area (Å²) in [6.45, 7) is 0.256. The largest absolute Gasteiger partial charge is 0.349 e. The minimum atomic E-state index is -0.567. The summed E-state index contributed by atoms with van der Waals surface area (Å²) in [6.07, 6.45) is 0. The Morgan fingerprint density at radius 3 is 2.85 bits per heavy atom. The first-order valence-electron chi connectivity index (χ1n) is 3.40. The minimum Gasteiger partial charge on any atom is -0.349 e. The van der Waals surface area contributed by atoms with Crippen molar-refractivity contribution in [1.82, 2.24) is 5.32 Å². The summed E-state index contributed by atoms with van der Waals surface area (Å²) in [7, 11) is 0. The van der Waals surface area contributed by atoms with E-state index < -0.39 is 4.84 Å². The molecule has 0 aliphatic rings. The molecule has 1 N–H and O–H groups in total. The van der Waals surface area contributed by atoms with Gasteiger partial charge in [0.25, 0.3) is 5.91 Å². The number of amides is 1. The van der Waals surface area contributed by atoms with Crippen molar-refractivity contribution in [2.45, 2.75) is 4.84 Å². The van der Waals surface area contributed by atoms with Crippen LogP contribution in [0.25, 0.3) is 0 Å². The molecule has 0 saturated heterocycles. The van der Waals surface area contributed by atoms with E-state index in [1.807, 2.05) is 11.4 Å². The van der Waals surface area contributed by atoms with Crippen molar-refractivity contribution in [3.05, 3.63) is 20.8 Å². The molecule has 72 valence electrons. The fraction of sp³-hybridized carbons (Fsp3) is 0.286. The highest BCUT2D eigenvalue weighted by atomic mass is 79.9. The van der Waals surface area contributed by atoms with Crippen LogP contribution in [0.4, 0.5) is 0 Å². The third-order valence-electron chi connectivity index (χ3n) is 1.24. The molecule has 0 aliphatic heterocycles. The molecular weight excluding hydrogens is 297 g/mol. The predicted molar refractivity (Wildman–Crippen MR) is 59.8 cm³/mol. The average molecular weight is 303 g/mol. The van der Waals surface area contributed by atoms with Crippen molar-refractivity contribution in [3.8, 4) is 0 Å². The Morgan fingerprint density at radius 2 is 2.38 bits per heavy atom. The smallest absolute Gasteiger partial charge is 0.262 e. The van der Waals surface area contributed by atoms with Gasteiger partial charge in [-0.25, -0.2) is 0 Å². The Bertz CT molecular complexity index is 302. The lowest BCUT2D eigenvalue weighted by atomic mass is 10.4. The van der Waals surface area contributed by atoms with Crippen LogP contribution in [0.5, 0.6) is 0 Å². The Hall–Kier alpha value is 0.230. The van der Waals surface area contributed by atoms with E-state index in [9.17, 15) is 4.79 Å². The fourth-order valence-electron chi connectivity index (χ4n) is 0.706. The molecule has 0 saturated carbocycles. The van der Waals surface area contributed by atoms with Gasteiger partial charge in [0.05, 0.1) is 0 Å². The molecule has 1 rings (SSSR count). The maximum atomic E-state index is 11.4. The highest BCUT2D eigenvalue weighted by Crippen LogP contribution is 2.22. The lowest BCUT2D eigenvalue weighted by Gasteiger charge is -2.03. The van der Waals surface area contributed by atoms with Crippen LogP contribution in [0.3, 0.4) is 0 Å². The second-order valence-electron chi connectivity index (χ2n) is 2.20. The lowest BCUT2D eigenvalue weighted by molar-refractivity contribution is 0.0958. The van der Waals surface area contributed by atoms with Crippen LogP contribution in [0, 0.1) is 0 Å². The van der Waals surface area contributed by atoms with Gasteiger partial charge in [0.2, 0.25) is 0 Å². The Kier molecular flexibility index (Phi) is 4.52. The van der Waals surface area contributed by atoms with Gasteiger partial charge < -0.3 is 5.32 Å². The first-order chi connectivity index (χ1) is 6.11. The van der Waals surface area contributed by atoms with Gasteiger partial charge in [0, 0.05) is 11.0 Å². The van der Waals surface area contributed by atoms with Gasteiger partial charge >= 0.3 is 0 Å². The number of nitrogens with one attached hydrogen (secondary N) is 1. The molecular formula is C7H6BrCl2NOS. The molecule has 0 spiro atoms. The zero-order chi connectivity index (χ0) is 9.84. The van der Waals surface area contributed by atoms with Gasteiger partial charge in [0.15, 0.2) is 0 Å². The highest BCUT2D eigenvalue weighted by Gasteiger charge is 2.11. The van der Waals surface area contributed by atoms with E-state index in [0.717, 1.165) is 4.47 Å². The summed E-state index contributed by atoms with van der Waals surface area (Å²) in [5, 5.41) is 4.43. The molecule has 1 amide bonds. The van der Waals surface area contributed by atoms with Crippen LogP contribution in [0.2, 0.25) is 0 Å². The first kappa shape index (κ1) is 11.3. The van der Waals surface area contributed by atoms with Crippen molar-refractivity contribution < 1.29 is 4.79 Å². The van der Waals surface area contributed by atoms with E-state index in [1.165, 1.54) is 11.3 Å². The van der Waals surface area contributed by atoms with E-state index in [1.54, 1.807) is 0 Å². The third kappa shape index (κ3) is 3.46. The summed E-state index contributed by atoms with van der Waals surface area (Å²) < 4.78 is 0.788. The molecule has 0 atom stereocenters. The van der Waals surface area contributed by atoms with Crippen molar-refractivity contribution in [2.24, 2.45) is 0 Å². The maximum Gasteiger partial charge on any atom is 0.262 e. The van der Waals surface area contributed by atoms with Gasteiger partial charge in [-0.1, -0.05) is 0 Å². The molecule has 0 unspecified atom stereocenters. The molecule has 0 aliphatic carbocycles. The molecule has 0 bridgehead atoms. The molecule has 0 fully saturated rings.